The van der Waals surface area contributed by atoms with Gasteiger partial charge < -0.3 is 0 Å². The van der Waals surface area contributed by atoms with Gasteiger partial charge in [-0.2, -0.15) is 0 Å². The standard InChI is InChI=1S/C66H44N6/c1-5-18-45(19-6-1)51-26-13-27-52(40-51)46-36-38-50(39-37-46)64-68-63(49-24-11-4-12-25-49)71-66(72-64)60-35-17-33-58(44-60)56-31-15-29-54(42-56)53-28-14-30-55(41-53)57-32-16-34-59(43-57)65-69-61(47-20-7-2-8-21-47)67-62(70-65)48-22-9-3-10-23-48/h1-44H. The second kappa shape index (κ2) is 19.7. The van der Waals surface area contributed by atoms with Crippen molar-refractivity contribution >= 4 is 0 Å². The quantitative estimate of drug-likeness (QED) is 0.129. The minimum atomic E-state index is 0.608. The molecule has 0 saturated carbocycles. The molecule has 0 spiro atoms. The molecule has 0 aliphatic heterocycles. The molecule has 0 aliphatic rings. The van der Waals surface area contributed by atoms with Gasteiger partial charge in [-0.15, -0.1) is 0 Å². The normalized spacial score (nSPS) is 11.1. The van der Waals surface area contributed by atoms with Gasteiger partial charge in [0.1, 0.15) is 0 Å². The largest absolute Gasteiger partial charge is 0.208 e. The average molecular weight is 921 g/mol. The van der Waals surface area contributed by atoms with E-state index in [0.29, 0.717) is 34.9 Å². The Labute approximate surface area is 418 Å². The Balaban J connectivity index is 0.844. The first kappa shape index (κ1) is 43.5. The maximum atomic E-state index is 5.12. The highest BCUT2D eigenvalue weighted by molar-refractivity contribution is 5.81. The van der Waals surface area contributed by atoms with Gasteiger partial charge in [-0.3, -0.25) is 0 Å². The first-order chi connectivity index (χ1) is 35.6. The zero-order chi connectivity index (χ0) is 48.1. The predicted octanol–water partition coefficient (Wildman–Crippen LogP) is 16.4. The van der Waals surface area contributed by atoms with Crippen LogP contribution in [0.25, 0.3) is 124 Å². The molecule has 10 aromatic carbocycles. The molecule has 0 amide bonds. The van der Waals surface area contributed by atoms with Crippen molar-refractivity contribution in [1.82, 2.24) is 29.9 Å². The highest BCUT2D eigenvalue weighted by Crippen LogP contribution is 2.35. The van der Waals surface area contributed by atoms with Gasteiger partial charge in [0, 0.05) is 33.4 Å². The fourth-order valence-corrected chi connectivity index (χ4v) is 9.04. The molecular weight excluding hydrogens is 877 g/mol. The van der Waals surface area contributed by atoms with E-state index in [1.165, 1.54) is 11.1 Å². The second-order valence-corrected chi connectivity index (χ2v) is 17.6. The van der Waals surface area contributed by atoms with Gasteiger partial charge in [-0.1, -0.05) is 237 Å². The Morgan fingerprint density at radius 2 is 0.292 bits per heavy atom. The number of hydrogen-bond donors (Lipinski definition) is 0. The predicted molar refractivity (Wildman–Crippen MR) is 293 cm³/mol. The molecule has 0 aliphatic carbocycles. The summed E-state index contributed by atoms with van der Waals surface area (Å²) >= 11 is 0. The van der Waals surface area contributed by atoms with E-state index in [4.69, 9.17) is 29.9 Å². The van der Waals surface area contributed by atoms with Crippen LogP contribution >= 0.6 is 0 Å². The van der Waals surface area contributed by atoms with Crippen molar-refractivity contribution in [2.45, 2.75) is 0 Å². The second-order valence-electron chi connectivity index (χ2n) is 17.6. The lowest BCUT2D eigenvalue weighted by Gasteiger charge is -2.12. The highest BCUT2D eigenvalue weighted by atomic mass is 15.0. The van der Waals surface area contributed by atoms with Crippen LogP contribution in [0.4, 0.5) is 0 Å². The lowest BCUT2D eigenvalue weighted by molar-refractivity contribution is 1.07. The van der Waals surface area contributed by atoms with Crippen molar-refractivity contribution in [3.8, 4) is 124 Å². The molecule has 0 unspecified atom stereocenters. The molecule has 2 heterocycles. The molecule has 0 N–H and O–H groups in total. The highest BCUT2D eigenvalue weighted by Gasteiger charge is 2.16. The zero-order valence-corrected chi connectivity index (χ0v) is 39.1. The van der Waals surface area contributed by atoms with E-state index >= 15 is 0 Å². The minimum absolute atomic E-state index is 0.608. The summed E-state index contributed by atoms with van der Waals surface area (Å²) in [5.41, 5.74) is 16.7. The Bertz CT molecular complexity index is 3780. The summed E-state index contributed by atoms with van der Waals surface area (Å²) in [6, 6.07) is 92.1. The fourth-order valence-electron chi connectivity index (χ4n) is 9.04. The van der Waals surface area contributed by atoms with Crippen LogP contribution in [0.1, 0.15) is 0 Å². The molecule has 338 valence electrons. The number of aromatic nitrogens is 6. The minimum Gasteiger partial charge on any atom is -0.208 e. The smallest absolute Gasteiger partial charge is 0.164 e. The molecule has 0 radical (unpaired) electrons. The molecule has 0 saturated heterocycles. The Kier molecular flexibility index (Phi) is 11.9. The van der Waals surface area contributed by atoms with Crippen molar-refractivity contribution in [1.29, 1.82) is 0 Å². The van der Waals surface area contributed by atoms with E-state index in [1.807, 2.05) is 97.1 Å². The molecule has 12 aromatic rings. The van der Waals surface area contributed by atoms with Crippen LogP contribution in [0.2, 0.25) is 0 Å². The summed E-state index contributed by atoms with van der Waals surface area (Å²) in [7, 11) is 0. The number of hydrogen-bond acceptors (Lipinski definition) is 6. The van der Waals surface area contributed by atoms with E-state index in [9.17, 15) is 0 Å². The maximum absolute atomic E-state index is 5.12. The van der Waals surface area contributed by atoms with Crippen molar-refractivity contribution in [2.24, 2.45) is 0 Å². The Hall–Kier alpha value is -9.78. The Morgan fingerprint density at radius 3 is 0.583 bits per heavy atom. The molecular formula is C66H44N6. The third-order valence-electron chi connectivity index (χ3n) is 12.8. The number of benzene rings is 10. The topological polar surface area (TPSA) is 77.3 Å². The molecule has 0 bridgehead atoms. The van der Waals surface area contributed by atoms with Gasteiger partial charge in [0.25, 0.3) is 0 Å². The van der Waals surface area contributed by atoms with E-state index < -0.39 is 0 Å². The van der Waals surface area contributed by atoms with Gasteiger partial charge in [-0.25, -0.2) is 29.9 Å². The first-order valence-electron chi connectivity index (χ1n) is 24.0. The monoisotopic (exact) mass is 920 g/mol. The zero-order valence-electron chi connectivity index (χ0n) is 39.1. The van der Waals surface area contributed by atoms with Gasteiger partial charge in [0.05, 0.1) is 0 Å². The van der Waals surface area contributed by atoms with Crippen molar-refractivity contribution in [3.63, 3.8) is 0 Å². The lowest BCUT2D eigenvalue weighted by atomic mass is 9.95. The van der Waals surface area contributed by atoms with Crippen LogP contribution < -0.4 is 0 Å². The third kappa shape index (κ3) is 9.36. The van der Waals surface area contributed by atoms with Gasteiger partial charge in [-0.05, 0) is 86.0 Å². The van der Waals surface area contributed by atoms with E-state index in [-0.39, 0.29) is 0 Å². The summed E-state index contributed by atoms with van der Waals surface area (Å²) in [6.07, 6.45) is 0. The molecule has 72 heavy (non-hydrogen) atoms. The van der Waals surface area contributed by atoms with Crippen molar-refractivity contribution in [3.05, 3.63) is 267 Å². The molecule has 6 nitrogen and oxygen atoms in total. The van der Waals surface area contributed by atoms with Crippen LogP contribution in [0, 0.1) is 0 Å². The van der Waals surface area contributed by atoms with E-state index in [0.717, 1.165) is 77.9 Å². The van der Waals surface area contributed by atoms with Gasteiger partial charge in [0.15, 0.2) is 34.9 Å². The summed E-state index contributed by atoms with van der Waals surface area (Å²) in [5.74, 6) is 3.73. The molecule has 12 rings (SSSR count). The average Bonchev–Trinajstić information content (AvgIpc) is 3.48. The van der Waals surface area contributed by atoms with Crippen LogP contribution in [0.5, 0.6) is 0 Å². The molecule has 2 aromatic heterocycles. The fraction of sp³-hybridized carbons (Fsp3) is 0. The molecule has 6 heteroatoms. The number of rotatable bonds is 11. The third-order valence-corrected chi connectivity index (χ3v) is 12.8. The first-order valence-corrected chi connectivity index (χ1v) is 24.0. The van der Waals surface area contributed by atoms with E-state index in [1.54, 1.807) is 0 Å². The van der Waals surface area contributed by atoms with Crippen LogP contribution in [-0.4, -0.2) is 29.9 Å². The van der Waals surface area contributed by atoms with Crippen LogP contribution in [-0.2, 0) is 0 Å². The molecule has 0 atom stereocenters. The summed E-state index contributed by atoms with van der Waals surface area (Å²) in [6.45, 7) is 0. The maximum Gasteiger partial charge on any atom is 0.164 e. The SMILES string of the molecule is c1ccc(-c2cccc(-c3ccc(-c4nc(-c5ccccc5)nc(-c5cccc(-c6cccc(-c7cccc(-c8cccc(-c9nc(-c%10ccccc%10)nc(-c%10ccccc%10)n9)c8)c7)c6)c5)n4)cc3)c2)cc1. The lowest BCUT2D eigenvalue weighted by Crippen LogP contribution is -2.00. The van der Waals surface area contributed by atoms with Crippen LogP contribution in [0.15, 0.2) is 267 Å². The summed E-state index contributed by atoms with van der Waals surface area (Å²) in [5, 5.41) is 0. The van der Waals surface area contributed by atoms with E-state index in [2.05, 4.69) is 170 Å². The van der Waals surface area contributed by atoms with Gasteiger partial charge in [0.2, 0.25) is 0 Å². The van der Waals surface area contributed by atoms with Gasteiger partial charge >= 0.3 is 0 Å². The van der Waals surface area contributed by atoms with Crippen molar-refractivity contribution < 1.29 is 0 Å². The van der Waals surface area contributed by atoms with Crippen molar-refractivity contribution in [2.75, 3.05) is 0 Å². The molecule has 0 fully saturated rings. The summed E-state index contributed by atoms with van der Waals surface area (Å²) < 4.78 is 0. The summed E-state index contributed by atoms with van der Waals surface area (Å²) in [4.78, 5) is 30.1. The number of nitrogens with zero attached hydrogens (tertiary/aromatic N) is 6. The van der Waals surface area contributed by atoms with Crippen LogP contribution in [0.3, 0.4) is 0 Å². The Morgan fingerprint density at radius 1 is 0.125 bits per heavy atom.